The van der Waals surface area contributed by atoms with Crippen molar-refractivity contribution in [3.05, 3.63) is 10.6 Å². The van der Waals surface area contributed by atoms with Crippen LogP contribution in [0.15, 0.2) is 0 Å². The molecule has 1 aromatic heterocycles. The first-order valence-electron chi connectivity index (χ1n) is 6.11. The average molecular weight is 298 g/mol. The zero-order chi connectivity index (χ0) is 14.9. The molecule has 1 aliphatic rings. The Hall–Kier alpha value is -1.96. The number of hydrogen-bond acceptors (Lipinski definition) is 6. The van der Waals surface area contributed by atoms with Crippen LogP contribution in [0, 0.1) is 12.8 Å². The van der Waals surface area contributed by atoms with Crippen molar-refractivity contribution in [3.63, 3.8) is 0 Å². The molecule has 108 valence electrons. The summed E-state index contributed by atoms with van der Waals surface area (Å²) in [5, 5.41) is 9.29. The van der Waals surface area contributed by atoms with E-state index in [1.165, 1.54) is 4.90 Å². The molecule has 1 aromatic rings. The SMILES string of the molecule is CCOC(=O)c1sc(N2CC(C(=O)O)CC2=O)nc1C. The van der Waals surface area contributed by atoms with Crippen molar-refractivity contribution in [2.75, 3.05) is 18.1 Å². The molecule has 1 aliphatic heterocycles. The number of thiazole rings is 1. The second-order valence-corrected chi connectivity index (χ2v) is 5.35. The molecule has 1 atom stereocenters. The number of esters is 1. The number of anilines is 1. The summed E-state index contributed by atoms with van der Waals surface area (Å²) in [4.78, 5) is 40.3. The van der Waals surface area contributed by atoms with Gasteiger partial charge >= 0.3 is 11.9 Å². The fourth-order valence-corrected chi connectivity index (χ4v) is 2.93. The third kappa shape index (κ3) is 2.64. The van der Waals surface area contributed by atoms with Gasteiger partial charge in [-0.05, 0) is 13.8 Å². The quantitative estimate of drug-likeness (QED) is 0.835. The Balaban J connectivity index is 2.22. The lowest BCUT2D eigenvalue weighted by molar-refractivity contribution is -0.141. The summed E-state index contributed by atoms with van der Waals surface area (Å²) < 4.78 is 4.90. The third-order valence-corrected chi connectivity index (χ3v) is 4.11. The number of nitrogens with zero attached hydrogens (tertiary/aromatic N) is 2. The molecule has 20 heavy (non-hydrogen) atoms. The van der Waals surface area contributed by atoms with Gasteiger partial charge in [-0.1, -0.05) is 11.3 Å². The molecule has 8 heteroatoms. The maximum atomic E-state index is 11.8. The molecule has 1 fully saturated rings. The first-order chi connectivity index (χ1) is 9.43. The normalized spacial score (nSPS) is 18.4. The Labute approximate surface area is 119 Å². The number of carboxylic acids is 1. The van der Waals surface area contributed by atoms with Crippen molar-refractivity contribution >= 4 is 34.3 Å². The lowest BCUT2D eigenvalue weighted by Gasteiger charge is -2.11. The highest BCUT2D eigenvalue weighted by Crippen LogP contribution is 2.31. The second-order valence-electron chi connectivity index (χ2n) is 4.38. The number of aromatic nitrogens is 1. The number of carboxylic acid groups (broad SMARTS) is 1. The van der Waals surface area contributed by atoms with Crippen LogP contribution in [0.3, 0.4) is 0 Å². The van der Waals surface area contributed by atoms with E-state index in [0.29, 0.717) is 15.7 Å². The third-order valence-electron chi connectivity index (χ3n) is 2.95. The van der Waals surface area contributed by atoms with E-state index in [9.17, 15) is 14.4 Å². The fourth-order valence-electron chi connectivity index (χ4n) is 1.94. The summed E-state index contributed by atoms with van der Waals surface area (Å²) >= 11 is 1.05. The van der Waals surface area contributed by atoms with Crippen LogP contribution >= 0.6 is 11.3 Å². The average Bonchev–Trinajstić information content (AvgIpc) is 2.93. The van der Waals surface area contributed by atoms with Crippen LogP contribution in [0.25, 0.3) is 0 Å². The predicted octanol–water partition coefficient (Wildman–Crippen LogP) is 1.07. The van der Waals surface area contributed by atoms with E-state index < -0.39 is 17.9 Å². The van der Waals surface area contributed by atoms with E-state index in [1.807, 2.05) is 0 Å². The van der Waals surface area contributed by atoms with E-state index in [4.69, 9.17) is 9.84 Å². The molecule has 0 saturated carbocycles. The molecule has 0 spiro atoms. The van der Waals surface area contributed by atoms with Gasteiger partial charge in [0.1, 0.15) is 4.88 Å². The van der Waals surface area contributed by atoms with Gasteiger partial charge < -0.3 is 9.84 Å². The van der Waals surface area contributed by atoms with Gasteiger partial charge in [-0.25, -0.2) is 9.78 Å². The monoisotopic (exact) mass is 298 g/mol. The molecule has 0 aromatic carbocycles. The summed E-state index contributed by atoms with van der Waals surface area (Å²) in [5.41, 5.74) is 0.482. The number of carbonyl (C=O) groups is 3. The van der Waals surface area contributed by atoms with Crippen LogP contribution < -0.4 is 4.90 Å². The first-order valence-corrected chi connectivity index (χ1v) is 6.93. The number of aliphatic carboxylic acids is 1. The van der Waals surface area contributed by atoms with E-state index in [-0.39, 0.29) is 25.5 Å². The van der Waals surface area contributed by atoms with Gasteiger partial charge in [0, 0.05) is 13.0 Å². The standard InChI is InChI=1S/C12H14N2O5S/c1-3-19-11(18)9-6(2)13-12(20-9)14-5-7(10(16)17)4-8(14)15/h7H,3-5H2,1-2H3,(H,16,17). The highest BCUT2D eigenvalue weighted by atomic mass is 32.1. The lowest BCUT2D eigenvalue weighted by Crippen LogP contribution is -2.25. The minimum Gasteiger partial charge on any atom is -0.481 e. The molecule has 2 rings (SSSR count). The molecule has 1 saturated heterocycles. The van der Waals surface area contributed by atoms with E-state index in [1.54, 1.807) is 13.8 Å². The van der Waals surface area contributed by atoms with Crippen LogP contribution in [0.4, 0.5) is 5.13 Å². The molecule has 1 amide bonds. The van der Waals surface area contributed by atoms with Gasteiger partial charge in [0.25, 0.3) is 0 Å². The molecule has 0 radical (unpaired) electrons. The number of hydrogen-bond donors (Lipinski definition) is 1. The Kier molecular flexibility index (Phi) is 4.03. The summed E-state index contributed by atoms with van der Waals surface area (Å²) in [6, 6.07) is 0. The van der Waals surface area contributed by atoms with E-state index in [0.717, 1.165) is 11.3 Å². The molecule has 7 nitrogen and oxygen atoms in total. The minimum atomic E-state index is -1.00. The smallest absolute Gasteiger partial charge is 0.350 e. The largest absolute Gasteiger partial charge is 0.481 e. The Morgan fingerprint density at radius 1 is 1.55 bits per heavy atom. The van der Waals surface area contributed by atoms with Gasteiger partial charge in [-0.2, -0.15) is 0 Å². The van der Waals surface area contributed by atoms with E-state index in [2.05, 4.69) is 4.98 Å². The predicted molar refractivity (Wildman–Crippen MR) is 70.9 cm³/mol. The Morgan fingerprint density at radius 2 is 2.25 bits per heavy atom. The Morgan fingerprint density at radius 3 is 2.80 bits per heavy atom. The van der Waals surface area contributed by atoms with Crippen LogP contribution in [0.5, 0.6) is 0 Å². The summed E-state index contributed by atoms with van der Waals surface area (Å²) in [6.45, 7) is 3.71. The van der Waals surface area contributed by atoms with Crippen molar-refractivity contribution in [1.82, 2.24) is 4.98 Å². The zero-order valence-corrected chi connectivity index (χ0v) is 11.9. The number of rotatable bonds is 4. The van der Waals surface area contributed by atoms with Crippen molar-refractivity contribution in [2.45, 2.75) is 20.3 Å². The highest BCUT2D eigenvalue weighted by molar-refractivity contribution is 7.17. The van der Waals surface area contributed by atoms with Gasteiger partial charge in [-0.15, -0.1) is 0 Å². The van der Waals surface area contributed by atoms with Crippen LogP contribution in [-0.2, 0) is 14.3 Å². The molecule has 2 heterocycles. The number of amides is 1. The number of ether oxygens (including phenoxy) is 1. The summed E-state index contributed by atoms with van der Waals surface area (Å²) in [6.07, 6.45) is -0.0390. The molecule has 0 aliphatic carbocycles. The number of aryl methyl sites for hydroxylation is 1. The van der Waals surface area contributed by atoms with Gasteiger partial charge in [-0.3, -0.25) is 14.5 Å². The number of carbonyl (C=O) groups excluding carboxylic acids is 2. The Bertz CT molecular complexity index is 568. The van der Waals surface area contributed by atoms with Crippen LogP contribution in [0.2, 0.25) is 0 Å². The summed E-state index contributed by atoms with van der Waals surface area (Å²) in [7, 11) is 0. The van der Waals surface area contributed by atoms with Gasteiger partial charge in [0.15, 0.2) is 5.13 Å². The molecule has 1 unspecified atom stereocenters. The topological polar surface area (TPSA) is 96.8 Å². The fraction of sp³-hybridized carbons (Fsp3) is 0.500. The van der Waals surface area contributed by atoms with Crippen molar-refractivity contribution in [1.29, 1.82) is 0 Å². The first kappa shape index (κ1) is 14.4. The maximum Gasteiger partial charge on any atom is 0.350 e. The van der Waals surface area contributed by atoms with Gasteiger partial charge in [0.2, 0.25) is 5.91 Å². The molecule has 1 N–H and O–H groups in total. The molecular weight excluding hydrogens is 284 g/mol. The van der Waals surface area contributed by atoms with Gasteiger partial charge in [0.05, 0.1) is 18.2 Å². The van der Waals surface area contributed by atoms with Crippen LogP contribution in [-0.4, -0.2) is 41.1 Å². The lowest BCUT2D eigenvalue weighted by atomic mass is 10.1. The highest BCUT2D eigenvalue weighted by Gasteiger charge is 2.37. The zero-order valence-electron chi connectivity index (χ0n) is 11.1. The van der Waals surface area contributed by atoms with Crippen molar-refractivity contribution < 1.29 is 24.2 Å². The van der Waals surface area contributed by atoms with E-state index >= 15 is 0 Å². The van der Waals surface area contributed by atoms with Crippen LogP contribution in [0.1, 0.15) is 28.7 Å². The van der Waals surface area contributed by atoms with Crippen molar-refractivity contribution in [3.8, 4) is 0 Å². The molecular formula is C12H14N2O5S. The van der Waals surface area contributed by atoms with Crippen molar-refractivity contribution in [2.24, 2.45) is 5.92 Å². The maximum absolute atomic E-state index is 11.8. The summed E-state index contributed by atoms with van der Waals surface area (Å²) in [5.74, 6) is -2.49. The minimum absolute atomic E-state index is 0.0390. The molecule has 0 bridgehead atoms. The second kappa shape index (κ2) is 5.58.